The van der Waals surface area contributed by atoms with Gasteiger partial charge in [0.05, 0.1) is 16.6 Å². The second-order valence-corrected chi connectivity index (χ2v) is 4.92. The highest BCUT2D eigenvalue weighted by Crippen LogP contribution is 2.29. The van der Waals surface area contributed by atoms with Crippen LogP contribution in [-0.4, -0.2) is 11.1 Å². The van der Waals surface area contributed by atoms with Crippen molar-refractivity contribution in [2.75, 3.05) is 0 Å². The van der Waals surface area contributed by atoms with Gasteiger partial charge in [-0.3, -0.25) is 4.79 Å². The molecule has 0 radical (unpaired) electrons. The first-order valence-corrected chi connectivity index (χ1v) is 6.41. The van der Waals surface area contributed by atoms with Gasteiger partial charge < -0.3 is 9.72 Å². The van der Waals surface area contributed by atoms with Crippen LogP contribution in [0.25, 0.3) is 10.9 Å². The fourth-order valence-electron chi connectivity index (χ4n) is 1.86. The van der Waals surface area contributed by atoms with Crippen molar-refractivity contribution in [2.45, 2.75) is 33.3 Å². The maximum absolute atomic E-state index is 11.8. The van der Waals surface area contributed by atoms with E-state index in [4.69, 9.17) is 16.3 Å². The van der Waals surface area contributed by atoms with Crippen molar-refractivity contribution in [1.29, 1.82) is 0 Å². The molecular weight excluding hydrogens is 250 g/mol. The summed E-state index contributed by atoms with van der Waals surface area (Å²) >= 11 is 6.17. The van der Waals surface area contributed by atoms with Crippen LogP contribution in [0.1, 0.15) is 26.3 Å². The van der Waals surface area contributed by atoms with E-state index in [-0.39, 0.29) is 11.7 Å². The van der Waals surface area contributed by atoms with Gasteiger partial charge in [-0.1, -0.05) is 18.5 Å². The fourth-order valence-corrected chi connectivity index (χ4v) is 2.08. The minimum Gasteiger partial charge on any atom is -0.489 e. The number of hydrogen-bond acceptors (Lipinski definition) is 2. The lowest BCUT2D eigenvalue weighted by atomic mass is 10.1. The Bertz CT molecular complexity index is 631. The molecule has 0 aliphatic carbocycles. The molecule has 0 atom stereocenters. The lowest BCUT2D eigenvalue weighted by molar-refractivity contribution is 0.243. The van der Waals surface area contributed by atoms with E-state index in [0.29, 0.717) is 17.2 Å². The van der Waals surface area contributed by atoms with Gasteiger partial charge in [-0.15, -0.1) is 0 Å². The molecule has 96 valence electrons. The molecule has 2 aromatic rings. The smallest absolute Gasteiger partial charge is 0.251 e. The number of benzene rings is 1. The van der Waals surface area contributed by atoms with Gasteiger partial charge in [0, 0.05) is 17.0 Å². The van der Waals surface area contributed by atoms with E-state index in [2.05, 4.69) is 4.98 Å². The molecule has 2 rings (SSSR count). The van der Waals surface area contributed by atoms with Gasteiger partial charge in [0.1, 0.15) is 5.75 Å². The Balaban J connectivity index is 2.61. The normalized spacial score (nSPS) is 11.2. The Labute approximate surface area is 111 Å². The molecule has 0 saturated heterocycles. The van der Waals surface area contributed by atoms with Crippen LogP contribution in [-0.2, 0) is 6.42 Å². The molecule has 4 heteroatoms. The average molecular weight is 266 g/mol. The van der Waals surface area contributed by atoms with E-state index in [0.717, 1.165) is 16.5 Å². The Morgan fingerprint density at radius 1 is 1.33 bits per heavy atom. The van der Waals surface area contributed by atoms with Gasteiger partial charge in [-0.05, 0) is 32.4 Å². The van der Waals surface area contributed by atoms with Crippen molar-refractivity contribution >= 4 is 22.5 Å². The molecule has 0 bridgehead atoms. The second kappa shape index (κ2) is 5.02. The molecule has 0 saturated carbocycles. The quantitative estimate of drug-likeness (QED) is 0.922. The van der Waals surface area contributed by atoms with Gasteiger partial charge in [0.25, 0.3) is 5.56 Å². The van der Waals surface area contributed by atoms with Crippen molar-refractivity contribution in [3.05, 3.63) is 39.1 Å². The van der Waals surface area contributed by atoms with Crippen LogP contribution >= 0.6 is 11.6 Å². The third-order valence-electron chi connectivity index (χ3n) is 2.72. The highest BCUT2D eigenvalue weighted by Gasteiger charge is 2.08. The van der Waals surface area contributed by atoms with Crippen molar-refractivity contribution in [3.8, 4) is 5.75 Å². The predicted octanol–water partition coefficient (Wildman–Crippen LogP) is 3.53. The molecule has 0 unspecified atom stereocenters. The van der Waals surface area contributed by atoms with Crippen LogP contribution in [0.5, 0.6) is 5.75 Å². The van der Waals surface area contributed by atoms with Crippen molar-refractivity contribution in [1.82, 2.24) is 4.98 Å². The first kappa shape index (κ1) is 13.0. The first-order chi connectivity index (χ1) is 8.51. The summed E-state index contributed by atoms with van der Waals surface area (Å²) in [5, 5.41) is 1.48. The number of rotatable bonds is 3. The number of aryl methyl sites for hydroxylation is 1. The van der Waals surface area contributed by atoms with Gasteiger partial charge in [0.2, 0.25) is 0 Å². The summed E-state index contributed by atoms with van der Waals surface area (Å²) in [6.07, 6.45) is 0.745. The first-order valence-electron chi connectivity index (χ1n) is 6.03. The Morgan fingerprint density at radius 2 is 2.06 bits per heavy atom. The van der Waals surface area contributed by atoms with Crippen LogP contribution in [0.4, 0.5) is 0 Å². The van der Waals surface area contributed by atoms with Crippen molar-refractivity contribution in [3.63, 3.8) is 0 Å². The van der Waals surface area contributed by atoms with E-state index in [1.165, 1.54) is 0 Å². The Kier molecular flexibility index (Phi) is 3.62. The molecule has 3 nitrogen and oxygen atoms in total. The molecular formula is C14H16ClNO2. The van der Waals surface area contributed by atoms with Gasteiger partial charge in [-0.2, -0.15) is 0 Å². The minimum absolute atomic E-state index is 0.0431. The third-order valence-corrected chi connectivity index (χ3v) is 3.01. The molecule has 0 aliphatic heterocycles. The zero-order valence-electron chi connectivity index (χ0n) is 10.7. The Morgan fingerprint density at radius 3 is 2.67 bits per heavy atom. The number of nitrogens with one attached hydrogen (secondary N) is 1. The summed E-state index contributed by atoms with van der Waals surface area (Å²) in [5.41, 5.74) is 1.45. The van der Waals surface area contributed by atoms with Crippen LogP contribution in [0.15, 0.2) is 23.0 Å². The fraction of sp³-hybridized carbons (Fsp3) is 0.357. The number of halogens is 1. The number of fused-ring (bicyclic) bond motifs is 1. The molecule has 1 N–H and O–H groups in total. The molecule has 0 amide bonds. The number of aromatic amines is 1. The molecule has 1 heterocycles. The van der Waals surface area contributed by atoms with E-state index in [1.807, 2.05) is 32.9 Å². The molecule has 18 heavy (non-hydrogen) atoms. The minimum atomic E-state index is -0.0529. The monoisotopic (exact) mass is 265 g/mol. The number of aromatic nitrogens is 1. The summed E-state index contributed by atoms with van der Waals surface area (Å²) in [4.78, 5) is 14.6. The van der Waals surface area contributed by atoms with Crippen molar-refractivity contribution in [2.24, 2.45) is 0 Å². The maximum atomic E-state index is 11.8. The molecule has 0 aliphatic rings. The number of ether oxygens (including phenoxy) is 1. The van der Waals surface area contributed by atoms with Crippen LogP contribution in [0.3, 0.4) is 0 Å². The van der Waals surface area contributed by atoms with Gasteiger partial charge in [-0.25, -0.2) is 0 Å². The summed E-state index contributed by atoms with van der Waals surface area (Å²) in [7, 11) is 0. The third kappa shape index (κ3) is 2.51. The Hall–Kier alpha value is -1.48. The highest BCUT2D eigenvalue weighted by atomic mass is 35.5. The molecule has 1 aromatic carbocycles. The van der Waals surface area contributed by atoms with Crippen LogP contribution in [0.2, 0.25) is 5.02 Å². The zero-order chi connectivity index (χ0) is 13.3. The number of hydrogen-bond donors (Lipinski definition) is 1. The zero-order valence-corrected chi connectivity index (χ0v) is 11.5. The van der Waals surface area contributed by atoms with Crippen molar-refractivity contribution < 1.29 is 4.74 Å². The molecule has 1 aromatic heterocycles. The summed E-state index contributed by atoms with van der Waals surface area (Å²) in [6.45, 7) is 5.82. The average Bonchev–Trinajstić information content (AvgIpc) is 2.29. The summed E-state index contributed by atoms with van der Waals surface area (Å²) in [5.74, 6) is 0.596. The maximum Gasteiger partial charge on any atom is 0.251 e. The number of pyridine rings is 1. The summed E-state index contributed by atoms with van der Waals surface area (Å²) < 4.78 is 5.60. The van der Waals surface area contributed by atoms with Gasteiger partial charge >= 0.3 is 0 Å². The second-order valence-electron chi connectivity index (χ2n) is 4.51. The lowest BCUT2D eigenvalue weighted by Gasteiger charge is -2.12. The standard InChI is InChI=1S/C14H16ClNO2/c1-4-9-5-10-6-11(15)13(18-8(2)3)7-12(10)16-14(9)17/h5-8H,4H2,1-3H3,(H,16,17). The van der Waals surface area contributed by atoms with E-state index in [9.17, 15) is 4.79 Å². The van der Waals surface area contributed by atoms with Gasteiger partial charge in [0.15, 0.2) is 0 Å². The largest absolute Gasteiger partial charge is 0.489 e. The predicted molar refractivity (Wildman–Crippen MR) is 74.7 cm³/mol. The van der Waals surface area contributed by atoms with Crippen LogP contribution < -0.4 is 10.3 Å². The number of H-pyrrole nitrogens is 1. The molecule has 0 spiro atoms. The van der Waals surface area contributed by atoms with E-state index < -0.39 is 0 Å². The summed E-state index contributed by atoms with van der Waals surface area (Å²) in [6, 6.07) is 5.47. The highest BCUT2D eigenvalue weighted by molar-refractivity contribution is 6.32. The van der Waals surface area contributed by atoms with E-state index >= 15 is 0 Å². The lowest BCUT2D eigenvalue weighted by Crippen LogP contribution is -2.11. The topological polar surface area (TPSA) is 42.1 Å². The SMILES string of the molecule is CCc1cc2cc(Cl)c(OC(C)C)cc2[nH]c1=O. The molecule has 0 fully saturated rings. The van der Waals surface area contributed by atoms with E-state index in [1.54, 1.807) is 6.07 Å². The van der Waals surface area contributed by atoms with Crippen LogP contribution in [0, 0.1) is 0 Å².